The first-order chi connectivity index (χ1) is 6.65. The van der Waals surface area contributed by atoms with E-state index in [1.807, 2.05) is 0 Å². The molecule has 0 aliphatic heterocycles. The molecule has 0 spiro atoms. The van der Waals surface area contributed by atoms with Crippen LogP contribution in [0.15, 0.2) is 12.3 Å². The molecule has 74 valence electrons. The van der Waals surface area contributed by atoms with E-state index >= 15 is 0 Å². The number of nitrogens with one attached hydrogen (secondary N) is 1. The number of pyridine rings is 1. The maximum atomic E-state index is 9.63. The van der Waals surface area contributed by atoms with Crippen molar-refractivity contribution in [1.82, 2.24) is 9.55 Å². The van der Waals surface area contributed by atoms with Crippen LogP contribution in [0.1, 0.15) is 0 Å². The van der Waals surface area contributed by atoms with Crippen molar-refractivity contribution in [1.29, 1.82) is 0 Å². The molecule has 0 aliphatic rings. The van der Waals surface area contributed by atoms with Gasteiger partial charge in [-0.1, -0.05) is 0 Å². The van der Waals surface area contributed by atoms with Gasteiger partial charge in [0.2, 0.25) is 11.8 Å². The number of anilines is 1. The van der Waals surface area contributed by atoms with Crippen LogP contribution in [0.5, 0.6) is 11.8 Å². The van der Waals surface area contributed by atoms with Gasteiger partial charge in [-0.3, -0.25) is 4.57 Å². The maximum absolute atomic E-state index is 9.63. The Morgan fingerprint density at radius 2 is 2.07 bits per heavy atom. The number of rotatable bonds is 1. The van der Waals surface area contributed by atoms with E-state index in [9.17, 15) is 10.2 Å². The van der Waals surface area contributed by atoms with Crippen molar-refractivity contribution in [2.45, 2.75) is 0 Å². The SMILES string of the molecule is CNc1cnc2c(O)n(C)c(O)c2c1. The third-order valence-corrected chi connectivity index (χ3v) is 2.26. The van der Waals surface area contributed by atoms with Crippen LogP contribution in [0, 0.1) is 0 Å². The lowest BCUT2D eigenvalue weighted by Gasteiger charge is -1.97. The van der Waals surface area contributed by atoms with E-state index in [-0.39, 0.29) is 11.8 Å². The summed E-state index contributed by atoms with van der Waals surface area (Å²) in [6.45, 7) is 0. The van der Waals surface area contributed by atoms with Gasteiger partial charge in [0.15, 0.2) is 0 Å². The fourth-order valence-electron chi connectivity index (χ4n) is 1.39. The highest BCUT2D eigenvalue weighted by Crippen LogP contribution is 2.34. The lowest BCUT2D eigenvalue weighted by atomic mass is 10.3. The molecule has 5 nitrogen and oxygen atoms in total. The minimum atomic E-state index is -0.0276. The van der Waals surface area contributed by atoms with Crippen LogP contribution in [0.2, 0.25) is 0 Å². The summed E-state index contributed by atoms with van der Waals surface area (Å²) in [6.07, 6.45) is 1.60. The van der Waals surface area contributed by atoms with E-state index in [1.54, 1.807) is 26.4 Å². The van der Waals surface area contributed by atoms with E-state index < -0.39 is 0 Å². The number of aromatic hydroxyl groups is 2. The van der Waals surface area contributed by atoms with Gasteiger partial charge in [-0.2, -0.15) is 0 Å². The Labute approximate surface area is 80.6 Å². The highest BCUT2D eigenvalue weighted by Gasteiger charge is 2.14. The fraction of sp³-hybridized carbons (Fsp3) is 0.222. The smallest absolute Gasteiger partial charge is 0.221 e. The molecule has 2 rings (SSSR count). The van der Waals surface area contributed by atoms with Gasteiger partial charge in [-0.05, 0) is 6.07 Å². The highest BCUT2D eigenvalue weighted by atomic mass is 16.3. The maximum Gasteiger partial charge on any atom is 0.221 e. The van der Waals surface area contributed by atoms with Crippen molar-refractivity contribution >= 4 is 16.6 Å². The molecule has 3 N–H and O–H groups in total. The quantitative estimate of drug-likeness (QED) is 0.632. The zero-order valence-corrected chi connectivity index (χ0v) is 7.94. The molecule has 2 aromatic rings. The van der Waals surface area contributed by atoms with Gasteiger partial charge in [0.05, 0.1) is 17.3 Å². The second-order valence-electron chi connectivity index (χ2n) is 3.08. The van der Waals surface area contributed by atoms with E-state index in [0.29, 0.717) is 10.9 Å². The average Bonchev–Trinajstić information content (AvgIpc) is 2.44. The Bertz CT molecular complexity index is 490. The van der Waals surface area contributed by atoms with Crippen LogP contribution >= 0.6 is 0 Å². The van der Waals surface area contributed by atoms with Crippen LogP contribution in [-0.4, -0.2) is 26.8 Å². The second-order valence-corrected chi connectivity index (χ2v) is 3.08. The Balaban J connectivity index is 2.82. The first kappa shape index (κ1) is 8.68. The summed E-state index contributed by atoms with van der Waals surface area (Å²) in [4.78, 5) is 4.04. The van der Waals surface area contributed by atoms with Crippen molar-refractivity contribution in [2.75, 3.05) is 12.4 Å². The van der Waals surface area contributed by atoms with Gasteiger partial charge >= 0.3 is 0 Å². The summed E-state index contributed by atoms with van der Waals surface area (Å²) in [7, 11) is 3.34. The van der Waals surface area contributed by atoms with E-state index in [0.717, 1.165) is 5.69 Å². The zero-order chi connectivity index (χ0) is 10.3. The van der Waals surface area contributed by atoms with Gasteiger partial charge in [0, 0.05) is 14.1 Å². The molecule has 0 unspecified atom stereocenters. The van der Waals surface area contributed by atoms with Gasteiger partial charge in [0.25, 0.3) is 0 Å². The number of nitrogens with zero attached hydrogens (tertiary/aromatic N) is 2. The normalized spacial score (nSPS) is 10.7. The van der Waals surface area contributed by atoms with E-state index in [1.165, 1.54) is 4.57 Å². The van der Waals surface area contributed by atoms with Crippen LogP contribution < -0.4 is 5.32 Å². The van der Waals surface area contributed by atoms with Gasteiger partial charge in [-0.25, -0.2) is 4.98 Å². The Kier molecular flexibility index (Phi) is 1.73. The number of aromatic nitrogens is 2. The monoisotopic (exact) mass is 193 g/mol. The Hall–Kier alpha value is -1.91. The summed E-state index contributed by atoms with van der Waals surface area (Å²) in [5.74, 6) is -0.0118. The summed E-state index contributed by atoms with van der Waals surface area (Å²) < 4.78 is 1.29. The summed E-state index contributed by atoms with van der Waals surface area (Å²) in [6, 6.07) is 1.73. The largest absolute Gasteiger partial charge is 0.494 e. The molecular weight excluding hydrogens is 182 g/mol. The molecule has 0 fully saturated rings. The topological polar surface area (TPSA) is 70.3 Å². The predicted octanol–water partition coefficient (Wildman–Crippen LogP) is 1.03. The summed E-state index contributed by atoms with van der Waals surface area (Å²) in [5, 5.41) is 22.6. The number of hydrogen-bond acceptors (Lipinski definition) is 4. The summed E-state index contributed by atoms with van der Waals surface area (Å²) >= 11 is 0. The van der Waals surface area contributed by atoms with Crippen LogP contribution in [-0.2, 0) is 7.05 Å². The van der Waals surface area contributed by atoms with Crippen molar-refractivity contribution in [3.05, 3.63) is 12.3 Å². The van der Waals surface area contributed by atoms with Gasteiger partial charge in [-0.15, -0.1) is 0 Å². The third kappa shape index (κ3) is 0.985. The minimum absolute atomic E-state index is 0.0158. The van der Waals surface area contributed by atoms with Crippen molar-refractivity contribution < 1.29 is 10.2 Å². The van der Waals surface area contributed by atoms with Gasteiger partial charge < -0.3 is 15.5 Å². The third-order valence-electron chi connectivity index (χ3n) is 2.26. The minimum Gasteiger partial charge on any atom is -0.494 e. The van der Waals surface area contributed by atoms with Crippen LogP contribution in [0.25, 0.3) is 10.9 Å². The lowest BCUT2D eigenvalue weighted by Crippen LogP contribution is -1.87. The molecule has 2 aromatic heterocycles. The van der Waals surface area contributed by atoms with Crippen molar-refractivity contribution in [3.8, 4) is 11.8 Å². The highest BCUT2D eigenvalue weighted by molar-refractivity contribution is 5.91. The molecular formula is C9H11N3O2. The van der Waals surface area contributed by atoms with E-state index in [2.05, 4.69) is 10.3 Å². The fourth-order valence-corrected chi connectivity index (χ4v) is 1.39. The van der Waals surface area contributed by atoms with Crippen LogP contribution in [0.4, 0.5) is 5.69 Å². The molecule has 2 heterocycles. The van der Waals surface area contributed by atoms with Gasteiger partial charge in [0.1, 0.15) is 5.52 Å². The zero-order valence-electron chi connectivity index (χ0n) is 7.94. The first-order valence-electron chi connectivity index (χ1n) is 4.19. The molecule has 0 aromatic carbocycles. The molecule has 14 heavy (non-hydrogen) atoms. The molecule has 0 saturated heterocycles. The van der Waals surface area contributed by atoms with Crippen molar-refractivity contribution in [3.63, 3.8) is 0 Å². The Morgan fingerprint density at radius 3 is 2.71 bits per heavy atom. The molecule has 0 bridgehead atoms. The predicted molar refractivity (Wildman–Crippen MR) is 53.6 cm³/mol. The first-order valence-corrected chi connectivity index (χ1v) is 4.19. The number of hydrogen-bond donors (Lipinski definition) is 3. The molecule has 0 saturated carbocycles. The lowest BCUT2D eigenvalue weighted by molar-refractivity contribution is 0.390. The standard InChI is InChI=1S/C9H11N3O2/c1-10-5-3-6-7(11-4-5)9(14)12(2)8(6)13/h3-4,10,13-14H,1-2H3. The molecule has 0 atom stereocenters. The molecule has 0 radical (unpaired) electrons. The summed E-state index contributed by atoms with van der Waals surface area (Å²) in [5.41, 5.74) is 1.20. The van der Waals surface area contributed by atoms with E-state index in [4.69, 9.17) is 0 Å². The van der Waals surface area contributed by atoms with Crippen molar-refractivity contribution in [2.24, 2.45) is 7.05 Å². The Morgan fingerprint density at radius 1 is 1.36 bits per heavy atom. The molecule has 0 aliphatic carbocycles. The number of fused-ring (bicyclic) bond motifs is 1. The van der Waals surface area contributed by atoms with Crippen LogP contribution in [0.3, 0.4) is 0 Å². The molecule has 5 heteroatoms. The second kappa shape index (κ2) is 2.80. The molecule has 0 amide bonds. The average molecular weight is 193 g/mol.